The molecule has 1 unspecified atom stereocenters. The van der Waals surface area contributed by atoms with Crippen molar-refractivity contribution in [3.63, 3.8) is 0 Å². The summed E-state index contributed by atoms with van der Waals surface area (Å²) in [7, 11) is 1.75. The fraction of sp³-hybridized carbons (Fsp3) is 0.500. The highest BCUT2D eigenvalue weighted by Crippen LogP contribution is 2.28. The van der Waals surface area contributed by atoms with E-state index in [0.29, 0.717) is 29.5 Å². The number of carbonyl (C=O) groups excluding carboxylic acids is 2. The topological polar surface area (TPSA) is 84.7 Å². The zero-order valence-electron chi connectivity index (χ0n) is 13.7. The van der Waals surface area contributed by atoms with Gasteiger partial charge in [-0.2, -0.15) is 0 Å². The second-order valence-corrected chi connectivity index (χ2v) is 5.97. The van der Waals surface area contributed by atoms with Gasteiger partial charge < -0.3 is 20.7 Å². The van der Waals surface area contributed by atoms with Crippen LogP contribution in [0, 0.1) is 5.92 Å². The van der Waals surface area contributed by atoms with Crippen LogP contribution in [0.25, 0.3) is 0 Å². The van der Waals surface area contributed by atoms with Gasteiger partial charge in [-0.05, 0) is 30.5 Å². The fourth-order valence-electron chi connectivity index (χ4n) is 2.21. The minimum absolute atomic E-state index is 0. The Bertz CT molecular complexity index is 578. The summed E-state index contributed by atoms with van der Waals surface area (Å²) in [4.78, 5) is 25.4. The van der Waals surface area contributed by atoms with E-state index in [4.69, 9.17) is 10.5 Å². The monoisotopic (exact) mass is 341 g/mol. The first-order valence-corrected chi connectivity index (χ1v) is 7.46. The van der Waals surface area contributed by atoms with E-state index in [-0.39, 0.29) is 36.9 Å². The number of ether oxygens (including phenoxy) is 1. The number of hydrogen-bond acceptors (Lipinski definition) is 4. The highest BCUT2D eigenvalue weighted by Gasteiger charge is 2.19. The first-order chi connectivity index (χ1) is 10.4. The first-order valence-electron chi connectivity index (χ1n) is 7.46. The molecule has 2 amide bonds. The molecule has 0 radical (unpaired) electrons. The van der Waals surface area contributed by atoms with Gasteiger partial charge in [0.25, 0.3) is 11.8 Å². The van der Waals surface area contributed by atoms with Crippen LogP contribution < -0.4 is 15.8 Å². The lowest BCUT2D eigenvalue weighted by Crippen LogP contribution is -2.34. The molecule has 0 spiro atoms. The van der Waals surface area contributed by atoms with E-state index in [1.807, 2.05) is 0 Å². The van der Waals surface area contributed by atoms with Crippen molar-refractivity contribution >= 4 is 29.9 Å². The molecule has 7 heteroatoms. The lowest BCUT2D eigenvalue weighted by Gasteiger charge is -2.23. The smallest absolute Gasteiger partial charge is 0.262 e. The Balaban J connectivity index is 0.00000264. The summed E-state index contributed by atoms with van der Waals surface area (Å²) in [5.74, 6) is 0.659. The van der Waals surface area contributed by atoms with E-state index in [9.17, 15) is 9.59 Å². The van der Waals surface area contributed by atoms with Crippen molar-refractivity contribution in [1.82, 2.24) is 4.90 Å². The molecule has 1 aromatic carbocycles. The minimum atomic E-state index is -0.214. The molecule has 1 heterocycles. The summed E-state index contributed by atoms with van der Waals surface area (Å²) in [6, 6.07) is 5.13. The van der Waals surface area contributed by atoms with Crippen LogP contribution in [0.2, 0.25) is 0 Å². The van der Waals surface area contributed by atoms with Gasteiger partial charge in [-0.3, -0.25) is 9.59 Å². The third-order valence-electron chi connectivity index (χ3n) is 3.86. The lowest BCUT2D eigenvalue weighted by molar-refractivity contribution is -0.118. The van der Waals surface area contributed by atoms with Gasteiger partial charge in [0.2, 0.25) is 0 Å². The zero-order valence-corrected chi connectivity index (χ0v) is 14.5. The number of benzene rings is 1. The minimum Gasteiger partial charge on any atom is -0.482 e. The molecular weight excluding hydrogens is 318 g/mol. The van der Waals surface area contributed by atoms with Crippen molar-refractivity contribution in [2.75, 3.05) is 25.5 Å². The van der Waals surface area contributed by atoms with Crippen molar-refractivity contribution in [1.29, 1.82) is 0 Å². The van der Waals surface area contributed by atoms with Crippen molar-refractivity contribution in [3.05, 3.63) is 23.8 Å². The molecule has 0 saturated heterocycles. The molecule has 0 fully saturated rings. The van der Waals surface area contributed by atoms with Crippen LogP contribution in [0.15, 0.2) is 18.2 Å². The molecule has 2 rings (SSSR count). The number of halogens is 1. The van der Waals surface area contributed by atoms with Crippen LogP contribution in [-0.2, 0) is 4.79 Å². The number of hydrogen-bond donors (Lipinski definition) is 2. The summed E-state index contributed by atoms with van der Waals surface area (Å²) >= 11 is 0. The van der Waals surface area contributed by atoms with Crippen LogP contribution in [0.4, 0.5) is 5.69 Å². The van der Waals surface area contributed by atoms with E-state index in [0.717, 1.165) is 6.42 Å². The van der Waals surface area contributed by atoms with Crippen LogP contribution in [0.1, 0.15) is 30.6 Å². The molecule has 1 aliphatic rings. The summed E-state index contributed by atoms with van der Waals surface area (Å²) in [5.41, 5.74) is 7.06. The Kier molecular flexibility index (Phi) is 6.84. The molecule has 128 valence electrons. The predicted molar refractivity (Wildman–Crippen MR) is 92.2 cm³/mol. The lowest BCUT2D eigenvalue weighted by atomic mass is 10.0. The van der Waals surface area contributed by atoms with Gasteiger partial charge in [-0.15, -0.1) is 12.4 Å². The Morgan fingerprint density at radius 3 is 2.78 bits per heavy atom. The summed E-state index contributed by atoms with van der Waals surface area (Å²) < 4.78 is 5.28. The number of amides is 2. The van der Waals surface area contributed by atoms with Gasteiger partial charge >= 0.3 is 0 Å². The van der Waals surface area contributed by atoms with Gasteiger partial charge in [-0.25, -0.2) is 0 Å². The van der Waals surface area contributed by atoms with Gasteiger partial charge in [-0.1, -0.05) is 13.8 Å². The van der Waals surface area contributed by atoms with E-state index in [1.54, 1.807) is 30.1 Å². The number of nitrogens with two attached hydrogens (primary N) is 1. The molecule has 0 saturated carbocycles. The van der Waals surface area contributed by atoms with Crippen LogP contribution in [0.5, 0.6) is 5.75 Å². The molecular formula is C16H24ClN3O3. The largest absolute Gasteiger partial charge is 0.482 e. The number of anilines is 1. The first kappa shape index (κ1) is 19.3. The second-order valence-electron chi connectivity index (χ2n) is 5.97. The third-order valence-corrected chi connectivity index (χ3v) is 3.86. The molecule has 1 aliphatic heterocycles. The zero-order chi connectivity index (χ0) is 16.3. The van der Waals surface area contributed by atoms with Crippen molar-refractivity contribution < 1.29 is 14.3 Å². The Morgan fingerprint density at radius 1 is 1.43 bits per heavy atom. The maximum atomic E-state index is 12.4. The quantitative estimate of drug-likeness (QED) is 0.856. The maximum absolute atomic E-state index is 12.4. The van der Waals surface area contributed by atoms with Crippen LogP contribution >= 0.6 is 12.4 Å². The molecule has 1 aromatic rings. The van der Waals surface area contributed by atoms with E-state index >= 15 is 0 Å². The maximum Gasteiger partial charge on any atom is 0.262 e. The summed E-state index contributed by atoms with van der Waals surface area (Å²) in [5, 5.41) is 2.70. The molecule has 1 atom stereocenters. The normalized spacial score (nSPS) is 14.2. The molecule has 0 bridgehead atoms. The van der Waals surface area contributed by atoms with Gasteiger partial charge in [0, 0.05) is 25.2 Å². The molecule has 23 heavy (non-hydrogen) atoms. The Labute approximate surface area is 142 Å². The van der Waals surface area contributed by atoms with Gasteiger partial charge in [0.1, 0.15) is 5.75 Å². The highest BCUT2D eigenvalue weighted by atomic mass is 35.5. The fourth-order valence-corrected chi connectivity index (χ4v) is 2.21. The Morgan fingerprint density at radius 2 is 2.13 bits per heavy atom. The number of nitrogens with zero attached hydrogens (tertiary/aromatic N) is 1. The molecule has 0 aromatic heterocycles. The molecule has 6 nitrogen and oxygen atoms in total. The van der Waals surface area contributed by atoms with E-state index in [2.05, 4.69) is 19.2 Å². The predicted octanol–water partition coefficient (Wildman–Crippen LogP) is 1.88. The third kappa shape index (κ3) is 4.84. The second kappa shape index (κ2) is 8.17. The average Bonchev–Trinajstić information content (AvgIpc) is 2.50. The van der Waals surface area contributed by atoms with Crippen molar-refractivity contribution in [3.8, 4) is 5.75 Å². The number of rotatable bonds is 5. The van der Waals surface area contributed by atoms with Crippen LogP contribution in [-0.4, -0.2) is 43.0 Å². The number of fused-ring (bicyclic) bond motifs is 1. The standard InChI is InChI=1S/C16H23N3O3.ClH/c1-10(2)12(17)6-7-19(3)16(21)11-4-5-14-13(8-11)18-15(20)9-22-14;/h4-5,8,10,12H,6-7,9,17H2,1-3H3,(H,18,20);1H. The van der Waals surface area contributed by atoms with E-state index in [1.165, 1.54) is 0 Å². The Hall–Kier alpha value is -1.79. The SMILES string of the molecule is CC(C)C(N)CCN(C)C(=O)c1ccc2c(c1)NC(=O)CO2.Cl. The summed E-state index contributed by atoms with van der Waals surface area (Å²) in [6.07, 6.45) is 0.755. The highest BCUT2D eigenvalue weighted by molar-refractivity contribution is 5.99. The average molecular weight is 342 g/mol. The number of carbonyl (C=O) groups is 2. The number of nitrogens with one attached hydrogen (secondary N) is 1. The summed E-state index contributed by atoms with van der Waals surface area (Å²) in [6.45, 7) is 4.74. The van der Waals surface area contributed by atoms with Crippen LogP contribution in [0.3, 0.4) is 0 Å². The van der Waals surface area contributed by atoms with Gasteiger partial charge in [0.15, 0.2) is 6.61 Å². The van der Waals surface area contributed by atoms with Gasteiger partial charge in [0.05, 0.1) is 5.69 Å². The van der Waals surface area contributed by atoms with Crippen molar-refractivity contribution in [2.45, 2.75) is 26.3 Å². The van der Waals surface area contributed by atoms with Crippen molar-refractivity contribution in [2.24, 2.45) is 11.7 Å². The van der Waals surface area contributed by atoms with E-state index < -0.39 is 0 Å². The molecule has 0 aliphatic carbocycles. The molecule has 3 N–H and O–H groups in total.